The summed E-state index contributed by atoms with van der Waals surface area (Å²) in [5.41, 5.74) is 1.26. The first-order valence-corrected chi connectivity index (χ1v) is 9.64. The van der Waals surface area contributed by atoms with Crippen LogP contribution in [0.15, 0.2) is 48.5 Å². The number of hydrogen-bond acceptors (Lipinski definition) is 5. The lowest BCUT2D eigenvalue weighted by atomic mass is 10.1. The quantitative estimate of drug-likeness (QED) is 0.755. The number of benzene rings is 2. The Kier molecular flexibility index (Phi) is 6.56. The maximum absolute atomic E-state index is 12.5. The molecule has 0 fully saturated rings. The molecule has 0 spiro atoms. The average molecular weight is 411 g/mol. The molecule has 1 atom stereocenters. The van der Waals surface area contributed by atoms with Gasteiger partial charge >= 0.3 is 0 Å². The molecule has 3 rings (SSSR count). The number of likely N-dealkylation sites (N-methyl/N-ethyl adjacent to an activating group) is 1. The van der Waals surface area contributed by atoms with Gasteiger partial charge in [0.05, 0.1) is 19.3 Å². The van der Waals surface area contributed by atoms with Gasteiger partial charge in [-0.2, -0.15) is 0 Å². The van der Waals surface area contributed by atoms with Crippen molar-refractivity contribution in [1.29, 1.82) is 0 Å². The number of fused-ring (bicyclic) bond motifs is 1. The first-order valence-electron chi connectivity index (χ1n) is 9.64. The van der Waals surface area contributed by atoms with Gasteiger partial charge in [-0.3, -0.25) is 14.4 Å². The van der Waals surface area contributed by atoms with Gasteiger partial charge in [0.2, 0.25) is 11.8 Å². The lowest BCUT2D eigenvalue weighted by Crippen LogP contribution is -2.46. The maximum atomic E-state index is 12.5. The Morgan fingerprint density at radius 1 is 1.17 bits per heavy atom. The van der Waals surface area contributed by atoms with Crippen LogP contribution in [0.3, 0.4) is 0 Å². The highest BCUT2D eigenvalue weighted by atomic mass is 16.5. The van der Waals surface area contributed by atoms with Gasteiger partial charge in [-0.05, 0) is 43.3 Å². The van der Waals surface area contributed by atoms with Crippen LogP contribution in [-0.4, -0.2) is 56.0 Å². The van der Waals surface area contributed by atoms with Crippen LogP contribution in [0.5, 0.6) is 11.5 Å². The lowest BCUT2D eigenvalue weighted by molar-refractivity contribution is -0.133. The average Bonchev–Trinajstić information content (AvgIpc) is 2.74. The standard InChI is InChI=1S/C22H25N3O5/c1-15-22(28)25(18-6-4-5-7-19(18)30-15)13-12-21(27)24(2)14-20(26)23-16-8-10-17(29-3)11-9-16/h4-11,15H,12-14H2,1-3H3,(H,23,26). The molecule has 2 aromatic rings. The smallest absolute Gasteiger partial charge is 0.267 e. The second kappa shape index (κ2) is 9.30. The highest BCUT2D eigenvalue weighted by Gasteiger charge is 2.31. The van der Waals surface area contributed by atoms with E-state index in [4.69, 9.17) is 9.47 Å². The molecule has 0 saturated carbocycles. The SMILES string of the molecule is COc1ccc(NC(=O)CN(C)C(=O)CCN2C(=O)C(C)Oc3ccccc32)cc1. The molecular weight excluding hydrogens is 386 g/mol. The predicted octanol–water partition coefficient (Wildman–Crippen LogP) is 2.30. The third kappa shape index (κ3) is 4.89. The van der Waals surface area contributed by atoms with E-state index in [1.165, 1.54) is 4.90 Å². The van der Waals surface area contributed by atoms with Crippen LogP contribution in [-0.2, 0) is 14.4 Å². The molecule has 30 heavy (non-hydrogen) atoms. The lowest BCUT2D eigenvalue weighted by Gasteiger charge is -2.33. The van der Waals surface area contributed by atoms with Crippen molar-refractivity contribution < 1.29 is 23.9 Å². The zero-order valence-corrected chi connectivity index (χ0v) is 17.3. The fourth-order valence-electron chi connectivity index (χ4n) is 3.17. The van der Waals surface area contributed by atoms with Crippen LogP contribution in [0.2, 0.25) is 0 Å². The van der Waals surface area contributed by atoms with E-state index in [1.807, 2.05) is 12.1 Å². The highest BCUT2D eigenvalue weighted by molar-refractivity contribution is 6.00. The van der Waals surface area contributed by atoms with Crippen LogP contribution in [0.4, 0.5) is 11.4 Å². The van der Waals surface area contributed by atoms with Crippen molar-refractivity contribution in [3.05, 3.63) is 48.5 Å². The minimum Gasteiger partial charge on any atom is -0.497 e. The van der Waals surface area contributed by atoms with Gasteiger partial charge in [0, 0.05) is 25.7 Å². The zero-order valence-electron chi connectivity index (χ0n) is 17.3. The largest absolute Gasteiger partial charge is 0.497 e. The molecule has 1 heterocycles. The number of para-hydroxylation sites is 2. The third-order valence-corrected chi connectivity index (χ3v) is 4.80. The molecule has 0 saturated heterocycles. The van der Waals surface area contributed by atoms with E-state index in [9.17, 15) is 14.4 Å². The van der Waals surface area contributed by atoms with Crippen molar-refractivity contribution in [3.63, 3.8) is 0 Å². The molecule has 0 aliphatic carbocycles. The van der Waals surface area contributed by atoms with Crippen LogP contribution < -0.4 is 19.7 Å². The first-order chi connectivity index (χ1) is 14.4. The molecule has 0 radical (unpaired) electrons. The van der Waals surface area contributed by atoms with E-state index in [2.05, 4.69) is 5.32 Å². The van der Waals surface area contributed by atoms with Crippen LogP contribution in [0, 0.1) is 0 Å². The molecule has 1 unspecified atom stereocenters. The van der Waals surface area contributed by atoms with Gasteiger partial charge in [-0.1, -0.05) is 12.1 Å². The molecule has 8 nitrogen and oxygen atoms in total. The normalized spacial score (nSPS) is 15.1. The Bertz CT molecular complexity index is 929. The first kappa shape index (κ1) is 21.2. The van der Waals surface area contributed by atoms with Crippen LogP contribution in [0.25, 0.3) is 0 Å². The number of methoxy groups -OCH3 is 1. The van der Waals surface area contributed by atoms with Crippen molar-refractivity contribution in [2.45, 2.75) is 19.4 Å². The second-order valence-electron chi connectivity index (χ2n) is 6.99. The number of rotatable bonds is 7. The summed E-state index contributed by atoms with van der Waals surface area (Å²) in [6.07, 6.45) is -0.512. The summed E-state index contributed by atoms with van der Waals surface area (Å²) in [6.45, 7) is 1.81. The Labute approximate surface area is 175 Å². The molecule has 8 heteroatoms. The molecule has 0 aromatic heterocycles. The van der Waals surface area contributed by atoms with E-state index >= 15 is 0 Å². The fraction of sp³-hybridized carbons (Fsp3) is 0.318. The number of ether oxygens (including phenoxy) is 2. The molecular formula is C22H25N3O5. The van der Waals surface area contributed by atoms with E-state index in [0.29, 0.717) is 22.9 Å². The van der Waals surface area contributed by atoms with Crippen molar-refractivity contribution in [1.82, 2.24) is 4.90 Å². The molecule has 1 aliphatic rings. The minimum absolute atomic E-state index is 0.0884. The third-order valence-electron chi connectivity index (χ3n) is 4.80. The minimum atomic E-state index is -0.608. The summed E-state index contributed by atoms with van der Waals surface area (Å²) in [6, 6.07) is 14.2. The van der Waals surface area contributed by atoms with Gasteiger partial charge in [0.15, 0.2) is 6.10 Å². The van der Waals surface area contributed by atoms with E-state index in [1.54, 1.807) is 62.4 Å². The number of carbonyl (C=O) groups is 3. The number of hydrogen-bond donors (Lipinski definition) is 1. The molecule has 2 aromatic carbocycles. The van der Waals surface area contributed by atoms with Gasteiger partial charge in [-0.25, -0.2) is 0 Å². The number of nitrogens with one attached hydrogen (secondary N) is 1. The monoisotopic (exact) mass is 411 g/mol. The van der Waals surface area contributed by atoms with Crippen molar-refractivity contribution in [3.8, 4) is 11.5 Å². The van der Waals surface area contributed by atoms with Gasteiger partial charge < -0.3 is 24.6 Å². The molecule has 1 N–H and O–H groups in total. The molecule has 1 aliphatic heterocycles. The Morgan fingerprint density at radius 2 is 1.87 bits per heavy atom. The summed E-state index contributed by atoms with van der Waals surface area (Å²) < 4.78 is 10.7. The van der Waals surface area contributed by atoms with E-state index in [-0.39, 0.29) is 37.2 Å². The maximum Gasteiger partial charge on any atom is 0.267 e. The van der Waals surface area contributed by atoms with Crippen molar-refractivity contribution in [2.24, 2.45) is 0 Å². The van der Waals surface area contributed by atoms with Crippen molar-refractivity contribution >= 4 is 29.1 Å². The number of anilines is 2. The predicted molar refractivity (Wildman–Crippen MR) is 113 cm³/mol. The second-order valence-corrected chi connectivity index (χ2v) is 6.99. The molecule has 0 bridgehead atoms. The van der Waals surface area contributed by atoms with Gasteiger partial charge in [-0.15, -0.1) is 0 Å². The molecule has 158 valence electrons. The summed E-state index contributed by atoms with van der Waals surface area (Å²) in [5.74, 6) is 0.571. The van der Waals surface area contributed by atoms with Crippen LogP contribution in [0.1, 0.15) is 13.3 Å². The zero-order chi connectivity index (χ0) is 21.7. The molecule has 3 amide bonds. The summed E-state index contributed by atoms with van der Waals surface area (Å²) in [4.78, 5) is 40.2. The Morgan fingerprint density at radius 3 is 2.57 bits per heavy atom. The Balaban J connectivity index is 1.54. The number of carbonyl (C=O) groups excluding carboxylic acids is 3. The van der Waals surface area contributed by atoms with Gasteiger partial charge in [0.25, 0.3) is 5.91 Å². The van der Waals surface area contributed by atoms with Gasteiger partial charge in [0.1, 0.15) is 11.5 Å². The number of amides is 3. The number of nitrogens with zero attached hydrogens (tertiary/aromatic N) is 2. The summed E-state index contributed by atoms with van der Waals surface area (Å²) in [5, 5.41) is 2.74. The van der Waals surface area contributed by atoms with Crippen molar-refractivity contribution in [2.75, 3.05) is 37.5 Å². The summed E-state index contributed by atoms with van der Waals surface area (Å²) >= 11 is 0. The van der Waals surface area contributed by atoms with E-state index < -0.39 is 6.10 Å². The fourth-order valence-corrected chi connectivity index (χ4v) is 3.17. The highest BCUT2D eigenvalue weighted by Crippen LogP contribution is 2.33. The van der Waals surface area contributed by atoms with E-state index in [0.717, 1.165) is 0 Å². The Hall–Kier alpha value is -3.55. The topological polar surface area (TPSA) is 88.2 Å². The van der Waals surface area contributed by atoms with Crippen LogP contribution >= 0.6 is 0 Å². The summed E-state index contributed by atoms with van der Waals surface area (Å²) in [7, 11) is 3.13.